The maximum absolute atomic E-state index is 12.4. The Kier molecular flexibility index (Phi) is 6.30. The van der Waals surface area contributed by atoms with Gasteiger partial charge in [-0.1, -0.05) is 12.1 Å². The van der Waals surface area contributed by atoms with Gasteiger partial charge in [-0.25, -0.2) is 0 Å². The number of hydrazine groups is 1. The molecule has 8 heteroatoms. The molecule has 146 valence electrons. The van der Waals surface area contributed by atoms with Gasteiger partial charge in [-0.05, 0) is 59.3 Å². The summed E-state index contributed by atoms with van der Waals surface area (Å²) in [6.45, 7) is 2.72. The van der Waals surface area contributed by atoms with Crippen LogP contribution in [0.2, 0.25) is 0 Å². The molecule has 1 atom stereocenters. The summed E-state index contributed by atoms with van der Waals surface area (Å²) in [5, 5.41) is 0. The predicted molar refractivity (Wildman–Crippen MR) is 108 cm³/mol. The first-order chi connectivity index (χ1) is 13.5. The molecule has 1 saturated heterocycles. The highest BCUT2D eigenvalue weighted by molar-refractivity contribution is 9.10. The van der Waals surface area contributed by atoms with Crippen molar-refractivity contribution >= 4 is 39.3 Å². The molecule has 1 heterocycles. The van der Waals surface area contributed by atoms with Crippen molar-refractivity contribution in [2.75, 3.05) is 18.1 Å². The Labute approximate surface area is 171 Å². The molecule has 1 fully saturated rings. The van der Waals surface area contributed by atoms with Crippen LogP contribution in [-0.4, -0.2) is 30.9 Å². The number of carbonyl (C=O) groups is 3. The quantitative estimate of drug-likeness (QED) is 0.692. The Bertz CT molecular complexity index is 885. The zero-order valence-corrected chi connectivity index (χ0v) is 16.9. The first-order valence-corrected chi connectivity index (χ1v) is 9.67. The fourth-order valence-corrected chi connectivity index (χ4v) is 3.42. The first-order valence-electron chi connectivity index (χ1n) is 8.87. The van der Waals surface area contributed by atoms with Gasteiger partial charge in [-0.3, -0.25) is 25.2 Å². The van der Waals surface area contributed by atoms with E-state index >= 15 is 0 Å². The molecule has 7 nitrogen and oxygen atoms in total. The SMILES string of the molecule is CCOc1ccc(N2CC(C(=O)NNC(=O)c3ccccc3Br)CC2=O)cc1. The molecule has 1 aliphatic heterocycles. The molecule has 1 unspecified atom stereocenters. The van der Waals surface area contributed by atoms with Crippen LogP contribution in [0.15, 0.2) is 53.0 Å². The third-order valence-electron chi connectivity index (χ3n) is 4.37. The lowest BCUT2D eigenvalue weighted by Crippen LogP contribution is -2.45. The van der Waals surface area contributed by atoms with Crippen LogP contribution in [0.4, 0.5) is 5.69 Å². The lowest BCUT2D eigenvalue weighted by atomic mass is 10.1. The molecule has 2 aromatic carbocycles. The maximum Gasteiger partial charge on any atom is 0.270 e. The summed E-state index contributed by atoms with van der Waals surface area (Å²) in [7, 11) is 0. The molecule has 2 N–H and O–H groups in total. The van der Waals surface area contributed by atoms with E-state index < -0.39 is 17.7 Å². The van der Waals surface area contributed by atoms with Crippen molar-refractivity contribution in [3.63, 3.8) is 0 Å². The number of carbonyl (C=O) groups excluding carboxylic acids is 3. The minimum Gasteiger partial charge on any atom is -0.494 e. The van der Waals surface area contributed by atoms with Gasteiger partial charge >= 0.3 is 0 Å². The molecule has 3 rings (SSSR count). The van der Waals surface area contributed by atoms with Crippen molar-refractivity contribution in [1.29, 1.82) is 0 Å². The number of nitrogens with zero attached hydrogens (tertiary/aromatic N) is 1. The number of hydrogen-bond donors (Lipinski definition) is 2. The van der Waals surface area contributed by atoms with Crippen LogP contribution in [-0.2, 0) is 9.59 Å². The smallest absolute Gasteiger partial charge is 0.270 e. The van der Waals surface area contributed by atoms with Gasteiger partial charge in [0.2, 0.25) is 11.8 Å². The molecule has 28 heavy (non-hydrogen) atoms. The lowest BCUT2D eigenvalue weighted by Gasteiger charge is -2.17. The van der Waals surface area contributed by atoms with Gasteiger partial charge in [0.15, 0.2) is 0 Å². The highest BCUT2D eigenvalue weighted by Gasteiger charge is 2.35. The molecule has 0 aromatic heterocycles. The van der Waals surface area contributed by atoms with Gasteiger partial charge in [0.1, 0.15) is 5.75 Å². The van der Waals surface area contributed by atoms with Crippen molar-refractivity contribution in [1.82, 2.24) is 10.9 Å². The largest absolute Gasteiger partial charge is 0.494 e. The van der Waals surface area contributed by atoms with Gasteiger partial charge in [-0.2, -0.15) is 0 Å². The van der Waals surface area contributed by atoms with Crippen molar-refractivity contribution in [2.45, 2.75) is 13.3 Å². The summed E-state index contributed by atoms with van der Waals surface area (Å²) in [4.78, 5) is 38.5. The zero-order chi connectivity index (χ0) is 20.1. The maximum atomic E-state index is 12.4. The molecule has 0 radical (unpaired) electrons. The molecule has 3 amide bonds. The Morgan fingerprint density at radius 2 is 1.86 bits per heavy atom. The van der Waals surface area contributed by atoms with Crippen LogP contribution in [0, 0.1) is 5.92 Å². The van der Waals surface area contributed by atoms with Crippen LogP contribution in [0.1, 0.15) is 23.7 Å². The molecule has 0 aliphatic carbocycles. The zero-order valence-electron chi connectivity index (χ0n) is 15.3. The summed E-state index contributed by atoms with van der Waals surface area (Å²) in [5.41, 5.74) is 5.92. The van der Waals surface area contributed by atoms with E-state index in [-0.39, 0.29) is 18.9 Å². The molecule has 0 bridgehead atoms. The van der Waals surface area contributed by atoms with Crippen molar-refractivity contribution in [3.05, 3.63) is 58.6 Å². The average molecular weight is 446 g/mol. The average Bonchev–Trinajstić information content (AvgIpc) is 3.09. The highest BCUT2D eigenvalue weighted by Crippen LogP contribution is 2.27. The first kappa shape index (κ1) is 19.9. The van der Waals surface area contributed by atoms with Crippen molar-refractivity contribution in [2.24, 2.45) is 5.92 Å². The number of hydrogen-bond acceptors (Lipinski definition) is 4. The third kappa shape index (κ3) is 4.51. The second kappa shape index (κ2) is 8.88. The van der Waals surface area contributed by atoms with E-state index in [1.54, 1.807) is 53.4 Å². The Balaban J connectivity index is 1.57. The summed E-state index contributed by atoms with van der Waals surface area (Å²) in [5.74, 6) is -0.794. The Morgan fingerprint density at radius 3 is 2.54 bits per heavy atom. The molecular weight excluding hydrogens is 426 g/mol. The van der Waals surface area contributed by atoms with Crippen molar-refractivity contribution < 1.29 is 19.1 Å². The fourth-order valence-electron chi connectivity index (χ4n) is 2.95. The van der Waals surface area contributed by atoms with E-state index in [1.165, 1.54) is 0 Å². The van der Waals surface area contributed by atoms with Crippen LogP contribution < -0.4 is 20.5 Å². The normalized spacial score (nSPS) is 16.0. The summed E-state index contributed by atoms with van der Waals surface area (Å²) < 4.78 is 6.02. The summed E-state index contributed by atoms with van der Waals surface area (Å²) in [6, 6.07) is 14.1. The summed E-state index contributed by atoms with van der Waals surface area (Å²) in [6.07, 6.45) is 0.0872. The predicted octanol–water partition coefficient (Wildman–Crippen LogP) is 2.66. The number of nitrogens with one attached hydrogen (secondary N) is 2. The highest BCUT2D eigenvalue weighted by atomic mass is 79.9. The van der Waals surface area contributed by atoms with Crippen LogP contribution in [0.3, 0.4) is 0 Å². The molecule has 2 aromatic rings. The third-order valence-corrected chi connectivity index (χ3v) is 5.06. The minimum absolute atomic E-state index is 0.0872. The van der Waals surface area contributed by atoms with E-state index in [0.29, 0.717) is 22.3 Å². The van der Waals surface area contributed by atoms with Gasteiger partial charge < -0.3 is 9.64 Å². The number of halogens is 1. The van der Waals surface area contributed by atoms with Gasteiger partial charge in [0.25, 0.3) is 5.91 Å². The molecule has 0 saturated carbocycles. The summed E-state index contributed by atoms with van der Waals surface area (Å²) >= 11 is 3.29. The topological polar surface area (TPSA) is 87.7 Å². The number of benzene rings is 2. The monoisotopic (exact) mass is 445 g/mol. The second-order valence-corrected chi connectivity index (χ2v) is 7.11. The van der Waals surface area contributed by atoms with E-state index in [1.807, 2.05) is 6.92 Å². The number of ether oxygens (including phenoxy) is 1. The van der Waals surface area contributed by atoms with Crippen LogP contribution in [0.5, 0.6) is 5.75 Å². The number of rotatable bonds is 5. The molecule has 0 spiro atoms. The second-order valence-electron chi connectivity index (χ2n) is 6.26. The number of anilines is 1. The lowest BCUT2D eigenvalue weighted by molar-refractivity contribution is -0.126. The van der Waals surface area contributed by atoms with Crippen LogP contribution in [0.25, 0.3) is 0 Å². The van der Waals surface area contributed by atoms with Gasteiger partial charge in [0.05, 0.1) is 18.1 Å². The van der Waals surface area contributed by atoms with Crippen LogP contribution >= 0.6 is 15.9 Å². The van der Waals surface area contributed by atoms with E-state index in [0.717, 1.165) is 5.75 Å². The fraction of sp³-hybridized carbons (Fsp3) is 0.250. The minimum atomic E-state index is -0.543. The molecular formula is C20H20BrN3O4. The standard InChI is InChI=1S/C20H20BrN3O4/c1-2-28-15-9-7-14(8-10-15)24-12-13(11-18(24)25)19(26)22-23-20(27)16-5-3-4-6-17(16)21/h3-10,13H,2,11-12H2,1H3,(H,22,26)(H,23,27). The van der Waals surface area contributed by atoms with E-state index in [2.05, 4.69) is 26.8 Å². The Hall–Kier alpha value is -2.87. The van der Waals surface area contributed by atoms with E-state index in [9.17, 15) is 14.4 Å². The van der Waals surface area contributed by atoms with E-state index in [4.69, 9.17) is 4.74 Å². The number of amides is 3. The molecule has 1 aliphatic rings. The van der Waals surface area contributed by atoms with Gasteiger partial charge in [0, 0.05) is 23.1 Å². The van der Waals surface area contributed by atoms with Gasteiger partial charge in [-0.15, -0.1) is 0 Å². The Morgan fingerprint density at radius 1 is 1.14 bits per heavy atom. The van der Waals surface area contributed by atoms with Crippen molar-refractivity contribution in [3.8, 4) is 5.75 Å².